The lowest BCUT2D eigenvalue weighted by Gasteiger charge is -2.18. The van der Waals surface area contributed by atoms with Gasteiger partial charge in [0, 0.05) is 7.05 Å². The molecule has 112 valence electrons. The van der Waals surface area contributed by atoms with Crippen LogP contribution in [0, 0.1) is 0 Å². The number of rotatable bonds is 3. The van der Waals surface area contributed by atoms with Gasteiger partial charge in [0.25, 0.3) is 5.91 Å². The monoisotopic (exact) mass is 294 g/mol. The Balaban J connectivity index is 1.91. The van der Waals surface area contributed by atoms with Crippen LogP contribution in [0.1, 0.15) is 10.4 Å². The standard InChI is InChI=1S/C13H14N2O6/c1-14-13(18)15-11(16)7-21-12(17)8-2-3-9-10(6-8)20-5-4-19-9/h2-3,6H,4-5,7H2,1H3,(H2,14,15,16,18). The molecule has 3 amide bonds. The third kappa shape index (κ3) is 3.85. The SMILES string of the molecule is CNC(=O)NC(=O)COC(=O)c1ccc2c(c1)OCCO2. The quantitative estimate of drug-likeness (QED) is 0.765. The molecule has 1 aliphatic rings. The molecule has 0 unspecified atom stereocenters. The lowest BCUT2D eigenvalue weighted by Crippen LogP contribution is -2.39. The minimum atomic E-state index is -0.722. The number of carbonyl (C=O) groups excluding carboxylic acids is 3. The Morgan fingerprint density at radius 1 is 1.19 bits per heavy atom. The highest BCUT2D eigenvalue weighted by Gasteiger charge is 2.17. The fourth-order valence-electron chi connectivity index (χ4n) is 1.61. The smallest absolute Gasteiger partial charge is 0.338 e. The third-order valence-electron chi connectivity index (χ3n) is 2.59. The molecule has 1 heterocycles. The van der Waals surface area contributed by atoms with Gasteiger partial charge in [0.05, 0.1) is 5.56 Å². The van der Waals surface area contributed by atoms with Gasteiger partial charge in [-0.25, -0.2) is 9.59 Å². The molecule has 0 aromatic heterocycles. The summed E-state index contributed by atoms with van der Waals surface area (Å²) in [4.78, 5) is 34.0. The van der Waals surface area contributed by atoms with Crippen molar-refractivity contribution in [2.24, 2.45) is 0 Å². The van der Waals surface area contributed by atoms with E-state index >= 15 is 0 Å². The predicted molar refractivity (Wildman–Crippen MR) is 70.3 cm³/mol. The van der Waals surface area contributed by atoms with E-state index in [4.69, 9.17) is 14.2 Å². The summed E-state index contributed by atoms with van der Waals surface area (Å²) in [5.41, 5.74) is 0.229. The van der Waals surface area contributed by atoms with Crippen molar-refractivity contribution in [3.63, 3.8) is 0 Å². The normalized spacial score (nSPS) is 12.2. The number of ether oxygens (including phenoxy) is 3. The van der Waals surface area contributed by atoms with Gasteiger partial charge in [-0.05, 0) is 18.2 Å². The number of carbonyl (C=O) groups is 3. The second kappa shape index (κ2) is 6.60. The largest absolute Gasteiger partial charge is 0.486 e. The van der Waals surface area contributed by atoms with Crippen molar-refractivity contribution in [1.29, 1.82) is 0 Å². The van der Waals surface area contributed by atoms with Gasteiger partial charge in [0.1, 0.15) is 13.2 Å². The highest BCUT2D eigenvalue weighted by Crippen LogP contribution is 2.30. The third-order valence-corrected chi connectivity index (χ3v) is 2.59. The summed E-state index contributed by atoms with van der Waals surface area (Å²) >= 11 is 0. The molecule has 0 aliphatic carbocycles. The molecule has 0 atom stereocenters. The Morgan fingerprint density at radius 3 is 2.62 bits per heavy atom. The van der Waals surface area contributed by atoms with Crippen LogP contribution in [-0.2, 0) is 9.53 Å². The summed E-state index contributed by atoms with van der Waals surface area (Å²) in [7, 11) is 1.36. The minimum Gasteiger partial charge on any atom is -0.486 e. The maximum Gasteiger partial charge on any atom is 0.338 e. The Labute approximate surface area is 120 Å². The summed E-state index contributed by atoms with van der Waals surface area (Å²) in [6.45, 7) is 0.303. The first kappa shape index (κ1) is 14.6. The Morgan fingerprint density at radius 2 is 1.90 bits per heavy atom. The van der Waals surface area contributed by atoms with Crippen molar-refractivity contribution in [2.75, 3.05) is 26.9 Å². The molecule has 0 saturated heterocycles. The van der Waals surface area contributed by atoms with Gasteiger partial charge in [0.2, 0.25) is 0 Å². The average Bonchev–Trinajstić information content (AvgIpc) is 2.51. The van der Waals surface area contributed by atoms with Gasteiger partial charge >= 0.3 is 12.0 Å². The van der Waals surface area contributed by atoms with Gasteiger partial charge in [-0.1, -0.05) is 0 Å². The van der Waals surface area contributed by atoms with Crippen LogP contribution in [0.15, 0.2) is 18.2 Å². The van der Waals surface area contributed by atoms with Crippen molar-refractivity contribution in [3.05, 3.63) is 23.8 Å². The number of benzene rings is 1. The number of hydrogen-bond donors (Lipinski definition) is 2. The molecular weight excluding hydrogens is 280 g/mol. The van der Waals surface area contributed by atoms with Gasteiger partial charge in [-0.3, -0.25) is 10.1 Å². The van der Waals surface area contributed by atoms with Crippen LogP contribution in [0.2, 0.25) is 0 Å². The number of urea groups is 1. The lowest BCUT2D eigenvalue weighted by atomic mass is 10.2. The van der Waals surface area contributed by atoms with Crippen LogP contribution >= 0.6 is 0 Å². The minimum absolute atomic E-state index is 0.229. The van der Waals surface area contributed by atoms with E-state index in [9.17, 15) is 14.4 Å². The van der Waals surface area contributed by atoms with E-state index in [1.165, 1.54) is 19.2 Å². The van der Waals surface area contributed by atoms with Crippen molar-refractivity contribution in [3.8, 4) is 11.5 Å². The molecule has 8 heteroatoms. The van der Waals surface area contributed by atoms with Crippen LogP contribution in [0.25, 0.3) is 0 Å². The van der Waals surface area contributed by atoms with Crippen molar-refractivity contribution < 1.29 is 28.6 Å². The molecule has 1 aromatic rings. The second-order valence-corrected chi connectivity index (χ2v) is 4.06. The summed E-state index contributed by atoms with van der Waals surface area (Å²) in [5.74, 6) is -0.417. The molecule has 2 rings (SSSR count). The van der Waals surface area contributed by atoms with E-state index in [1.54, 1.807) is 6.07 Å². The van der Waals surface area contributed by atoms with Crippen molar-refractivity contribution in [2.45, 2.75) is 0 Å². The van der Waals surface area contributed by atoms with Gasteiger partial charge in [-0.15, -0.1) is 0 Å². The highest BCUT2D eigenvalue weighted by molar-refractivity contribution is 5.97. The average molecular weight is 294 g/mol. The zero-order chi connectivity index (χ0) is 15.2. The topological polar surface area (TPSA) is 103 Å². The van der Waals surface area contributed by atoms with E-state index in [1.807, 2.05) is 5.32 Å². The zero-order valence-electron chi connectivity index (χ0n) is 11.3. The molecule has 0 radical (unpaired) electrons. The number of amides is 3. The fraction of sp³-hybridized carbons (Fsp3) is 0.308. The number of nitrogens with one attached hydrogen (secondary N) is 2. The summed E-state index contributed by atoms with van der Waals surface area (Å²) < 4.78 is 15.5. The van der Waals surface area contributed by atoms with Gasteiger partial charge < -0.3 is 19.5 Å². The van der Waals surface area contributed by atoms with Gasteiger partial charge in [-0.2, -0.15) is 0 Å². The van der Waals surface area contributed by atoms with Crippen LogP contribution in [0.3, 0.4) is 0 Å². The maximum absolute atomic E-state index is 11.8. The molecule has 0 spiro atoms. The van der Waals surface area contributed by atoms with E-state index in [-0.39, 0.29) is 5.56 Å². The van der Waals surface area contributed by atoms with Gasteiger partial charge in [0.15, 0.2) is 18.1 Å². The first-order valence-corrected chi connectivity index (χ1v) is 6.18. The van der Waals surface area contributed by atoms with E-state index in [0.29, 0.717) is 24.7 Å². The molecule has 21 heavy (non-hydrogen) atoms. The Hall–Kier alpha value is -2.77. The molecule has 1 aromatic carbocycles. The number of imide groups is 1. The summed E-state index contributed by atoms with van der Waals surface area (Å²) in [6, 6.07) is 3.91. The summed E-state index contributed by atoms with van der Waals surface area (Å²) in [5, 5.41) is 4.18. The fourth-order valence-corrected chi connectivity index (χ4v) is 1.61. The molecule has 1 aliphatic heterocycles. The first-order chi connectivity index (χ1) is 10.1. The van der Waals surface area contributed by atoms with E-state index < -0.39 is 24.5 Å². The highest BCUT2D eigenvalue weighted by atomic mass is 16.6. The Kier molecular flexibility index (Phi) is 4.60. The number of fused-ring (bicyclic) bond motifs is 1. The van der Waals surface area contributed by atoms with Crippen LogP contribution < -0.4 is 20.1 Å². The Bertz CT molecular complexity index is 572. The first-order valence-electron chi connectivity index (χ1n) is 6.18. The molecule has 0 fully saturated rings. The van der Waals surface area contributed by atoms with E-state index in [0.717, 1.165) is 0 Å². The number of hydrogen-bond acceptors (Lipinski definition) is 6. The number of esters is 1. The molecule has 0 bridgehead atoms. The maximum atomic E-state index is 11.8. The van der Waals surface area contributed by atoms with Crippen LogP contribution in [-0.4, -0.2) is 44.8 Å². The molecule has 2 N–H and O–H groups in total. The van der Waals surface area contributed by atoms with Crippen LogP contribution in [0.5, 0.6) is 11.5 Å². The lowest BCUT2D eigenvalue weighted by molar-refractivity contribution is -0.123. The van der Waals surface area contributed by atoms with E-state index in [2.05, 4.69) is 5.32 Å². The van der Waals surface area contributed by atoms with Crippen molar-refractivity contribution in [1.82, 2.24) is 10.6 Å². The second-order valence-electron chi connectivity index (χ2n) is 4.06. The predicted octanol–water partition coefficient (Wildman–Crippen LogP) is 0.0702. The zero-order valence-corrected chi connectivity index (χ0v) is 11.3. The van der Waals surface area contributed by atoms with Crippen molar-refractivity contribution >= 4 is 17.9 Å². The molecular formula is C13H14N2O6. The van der Waals surface area contributed by atoms with Crippen LogP contribution in [0.4, 0.5) is 4.79 Å². The summed E-state index contributed by atoms with van der Waals surface area (Å²) in [6.07, 6.45) is 0. The molecule has 8 nitrogen and oxygen atoms in total. The molecule has 0 saturated carbocycles.